The lowest BCUT2D eigenvalue weighted by atomic mass is 10.2. The van der Waals surface area contributed by atoms with Crippen LogP contribution in [0, 0.1) is 0 Å². The van der Waals surface area contributed by atoms with Crippen LogP contribution in [0.3, 0.4) is 0 Å². The van der Waals surface area contributed by atoms with Gasteiger partial charge in [-0.3, -0.25) is 4.79 Å². The molecule has 0 aromatic heterocycles. The van der Waals surface area contributed by atoms with E-state index in [1.54, 1.807) is 4.90 Å². The minimum atomic E-state index is -4.51. The summed E-state index contributed by atoms with van der Waals surface area (Å²) in [5.41, 5.74) is -0.894. The zero-order chi connectivity index (χ0) is 17.5. The lowest BCUT2D eigenvalue weighted by Gasteiger charge is -2.25. The van der Waals surface area contributed by atoms with Gasteiger partial charge < -0.3 is 4.90 Å². The molecule has 0 bridgehead atoms. The van der Waals surface area contributed by atoms with E-state index in [1.165, 1.54) is 4.31 Å². The first-order valence-electron chi connectivity index (χ1n) is 7.66. The number of hydrogen-bond acceptors (Lipinski definition) is 3. The first-order chi connectivity index (χ1) is 11.2. The van der Waals surface area contributed by atoms with Crippen LogP contribution in [0.25, 0.3) is 0 Å². The summed E-state index contributed by atoms with van der Waals surface area (Å²) in [4.78, 5) is 13.6. The molecule has 1 atom stereocenters. The monoisotopic (exact) mass is 362 g/mol. The van der Waals surface area contributed by atoms with Crippen LogP contribution in [0.4, 0.5) is 13.2 Å². The Morgan fingerprint density at radius 3 is 2.38 bits per heavy atom. The second-order valence-corrected chi connectivity index (χ2v) is 7.96. The molecule has 2 aliphatic rings. The number of carbonyl (C=O) groups excluding carboxylic acids is 1. The lowest BCUT2D eigenvalue weighted by Crippen LogP contribution is -2.40. The van der Waals surface area contributed by atoms with Gasteiger partial charge in [-0.2, -0.15) is 17.5 Å². The summed E-state index contributed by atoms with van der Waals surface area (Å²) in [6, 6.07) is 3.31. The highest BCUT2D eigenvalue weighted by molar-refractivity contribution is 7.89. The van der Waals surface area contributed by atoms with Gasteiger partial charge in [0, 0.05) is 32.1 Å². The Kier molecular flexibility index (Phi) is 4.33. The van der Waals surface area contributed by atoms with Gasteiger partial charge in [-0.1, -0.05) is 0 Å². The number of halogens is 3. The molecule has 2 heterocycles. The van der Waals surface area contributed by atoms with Gasteiger partial charge >= 0.3 is 6.18 Å². The van der Waals surface area contributed by atoms with E-state index in [9.17, 15) is 26.4 Å². The number of sulfonamides is 1. The number of fused-ring (bicyclic) bond motifs is 1. The molecule has 0 N–H and O–H groups in total. The Balaban J connectivity index is 1.86. The first-order valence-corrected chi connectivity index (χ1v) is 9.10. The molecule has 0 saturated carbocycles. The molecule has 2 aliphatic heterocycles. The van der Waals surface area contributed by atoms with Crippen molar-refractivity contribution in [2.75, 3.05) is 19.6 Å². The fourth-order valence-electron chi connectivity index (χ4n) is 3.23. The molecule has 1 aromatic carbocycles. The Hall–Kier alpha value is -1.61. The molecule has 2 fully saturated rings. The van der Waals surface area contributed by atoms with Crippen molar-refractivity contribution in [3.8, 4) is 0 Å². The van der Waals surface area contributed by atoms with E-state index in [2.05, 4.69) is 0 Å². The van der Waals surface area contributed by atoms with Gasteiger partial charge in [-0.15, -0.1) is 0 Å². The van der Waals surface area contributed by atoms with E-state index in [1.807, 2.05) is 0 Å². The van der Waals surface area contributed by atoms with Crippen LogP contribution >= 0.6 is 0 Å². The highest BCUT2D eigenvalue weighted by Crippen LogP contribution is 2.31. The fourth-order valence-corrected chi connectivity index (χ4v) is 4.71. The van der Waals surface area contributed by atoms with E-state index in [4.69, 9.17) is 0 Å². The number of carbonyl (C=O) groups is 1. The average Bonchev–Trinajstić information content (AvgIpc) is 2.92. The van der Waals surface area contributed by atoms with Gasteiger partial charge in [0.05, 0.1) is 10.5 Å². The predicted octanol–water partition coefficient (Wildman–Crippen LogP) is 2.09. The summed E-state index contributed by atoms with van der Waals surface area (Å²) in [7, 11) is -3.92. The number of benzene rings is 1. The number of rotatable bonds is 2. The summed E-state index contributed by atoms with van der Waals surface area (Å²) >= 11 is 0. The second-order valence-electron chi connectivity index (χ2n) is 6.02. The topological polar surface area (TPSA) is 57.7 Å². The van der Waals surface area contributed by atoms with E-state index >= 15 is 0 Å². The zero-order valence-electron chi connectivity index (χ0n) is 12.8. The summed E-state index contributed by atoms with van der Waals surface area (Å²) in [5.74, 6) is -0.0670. The molecule has 5 nitrogen and oxygen atoms in total. The van der Waals surface area contributed by atoms with Crippen molar-refractivity contribution >= 4 is 15.9 Å². The van der Waals surface area contributed by atoms with E-state index in [0.29, 0.717) is 6.54 Å². The zero-order valence-corrected chi connectivity index (χ0v) is 13.6. The van der Waals surface area contributed by atoms with Crippen LogP contribution in [0.2, 0.25) is 0 Å². The molecule has 3 rings (SSSR count). The van der Waals surface area contributed by atoms with Crippen molar-refractivity contribution in [1.82, 2.24) is 9.21 Å². The Morgan fingerprint density at radius 2 is 1.75 bits per heavy atom. The number of nitrogens with zero attached hydrogens (tertiary/aromatic N) is 2. The SMILES string of the molecule is O=C1CCN(S(=O)(=O)c2ccc(C(F)(F)F)cc2)CC2CCCN12. The molecular formula is C15H17F3N2O3S. The standard InChI is InChI=1S/C15H17F3N2O3S/c16-15(17,18)11-3-5-13(6-4-11)24(22,23)19-9-7-14(21)20-8-1-2-12(20)10-19/h3-6,12H,1-2,7-10H2. The van der Waals surface area contributed by atoms with Crippen LogP contribution in [-0.2, 0) is 21.0 Å². The highest BCUT2D eigenvalue weighted by atomic mass is 32.2. The Bertz CT molecular complexity index is 731. The van der Waals surface area contributed by atoms with Crippen LogP contribution in [0.15, 0.2) is 29.2 Å². The van der Waals surface area contributed by atoms with Crippen LogP contribution < -0.4 is 0 Å². The van der Waals surface area contributed by atoms with Gasteiger partial charge in [0.1, 0.15) is 0 Å². The van der Waals surface area contributed by atoms with Crippen LogP contribution in [-0.4, -0.2) is 49.2 Å². The molecule has 24 heavy (non-hydrogen) atoms. The third kappa shape index (κ3) is 3.14. The third-order valence-electron chi connectivity index (χ3n) is 4.51. The second kappa shape index (κ2) is 6.03. The van der Waals surface area contributed by atoms with Gasteiger partial charge in [-0.25, -0.2) is 8.42 Å². The fraction of sp³-hybridized carbons (Fsp3) is 0.533. The minimum absolute atomic E-state index is 0.0508. The van der Waals surface area contributed by atoms with Gasteiger partial charge in [0.25, 0.3) is 0 Å². The Morgan fingerprint density at radius 1 is 1.08 bits per heavy atom. The smallest absolute Gasteiger partial charge is 0.338 e. The van der Waals surface area contributed by atoms with Crippen molar-refractivity contribution in [2.45, 2.75) is 36.4 Å². The summed E-state index contributed by atoms with van der Waals surface area (Å²) in [6.07, 6.45) is -2.84. The number of hydrogen-bond donors (Lipinski definition) is 0. The van der Waals surface area contributed by atoms with Gasteiger partial charge in [-0.05, 0) is 37.1 Å². The maximum Gasteiger partial charge on any atom is 0.416 e. The maximum atomic E-state index is 12.7. The van der Waals surface area contributed by atoms with Crippen LogP contribution in [0.5, 0.6) is 0 Å². The summed E-state index contributed by atoms with van der Waals surface area (Å²) in [6.45, 7) is 0.877. The van der Waals surface area contributed by atoms with Crippen molar-refractivity contribution in [3.63, 3.8) is 0 Å². The largest absolute Gasteiger partial charge is 0.416 e. The number of amides is 1. The molecule has 9 heteroatoms. The van der Waals surface area contributed by atoms with Crippen molar-refractivity contribution in [3.05, 3.63) is 29.8 Å². The molecule has 0 aliphatic carbocycles. The van der Waals surface area contributed by atoms with E-state index < -0.39 is 21.8 Å². The van der Waals surface area contributed by atoms with Crippen molar-refractivity contribution in [1.29, 1.82) is 0 Å². The first kappa shape index (κ1) is 17.2. The Labute approximate surface area is 138 Å². The molecule has 1 unspecified atom stereocenters. The van der Waals surface area contributed by atoms with Crippen LogP contribution in [0.1, 0.15) is 24.8 Å². The molecule has 132 valence electrons. The van der Waals surface area contributed by atoms with Crippen molar-refractivity contribution < 1.29 is 26.4 Å². The lowest BCUT2D eigenvalue weighted by molar-refractivity contribution is -0.137. The minimum Gasteiger partial charge on any atom is -0.338 e. The molecule has 1 amide bonds. The molecule has 2 saturated heterocycles. The molecular weight excluding hydrogens is 345 g/mol. The molecule has 0 radical (unpaired) electrons. The quantitative estimate of drug-likeness (QED) is 0.810. The van der Waals surface area contributed by atoms with Gasteiger partial charge in [0.15, 0.2) is 0 Å². The van der Waals surface area contributed by atoms with E-state index in [0.717, 1.165) is 37.1 Å². The maximum absolute atomic E-state index is 12.7. The van der Waals surface area contributed by atoms with Crippen molar-refractivity contribution in [2.24, 2.45) is 0 Å². The summed E-state index contributed by atoms with van der Waals surface area (Å²) in [5, 5.41) is 0. The summed E-state index contributed by atoms with van der Waals surface area (Å²) < 4.78 is 64.5. The van der Waals surface area contributed by atoms with E-state index in [-0.39, 0.29) is 36.4 Å². The predicted molar refractivity (Wildman–Crippen MR) is 79.6 cm³/mol. The average molecular weight is 362 g/mol. The molecule has 1 aromatic rings. The number of alkyl halides is 3. The third-order valence-corrected chi connectivity index (χ3v) is 6.39. The van der Waals surface area contributed by atoms with Gasteiger partial charge in [0.2, 0.25) is 15.9 Å². The highest BCUT2D eigenvalue weighted by Gasteiger charge is 2.38. The molecule has 0 spiro atoms. The normalized spacial score (nSPS) is 23.2.